The summed E-state index contributed by atoms with van der Waals surface area (Å²) in [5, 5.41) is 5.60. The Labute approximate surface area is 186 Å². The molecule has 162 valence electrons. The topological polar surface area (TPSA) is 81.8 Å². The maximum atomic E-state index is 12.8. The van der Waals surface area contributed by atoms with Crippen LogP contribution in [0, 0.1) is 19.3 Å². The van der Waals surface area contributed by atoms with E-state index in [0.717, 1.165) is 17.8 Å². The van der Waals surface area contributed by atoms with Crippen LogP contribution in [-0.2, 0) is 9.59 Å². The third-order valence-electron chi connectivity index (χ3n) is 5.12. The molecule has 1 aromatic heterocycles. The maximum absolute atomic E-state index is 12.8. The van der Waals surface area contributed by atoms with Crippen LogP contribution in [0.4, 0.5) is 11.4 Å². The molecule has 1 aliphatic heterocycles. The van der Waals surface area contributed by atoms with Crippen LogP contribution in [0.25, 0.3) is 0 Å². The lowest BCUT2D eigenvalue weighted by Gasteiger charge is -2.33. The van der Waals surface area contributed by atoms with Gasteiger partial charge in [-0.15, -0.1) is 17.8 Å². The summed E-state index contributed by atoms with van der Waals surface area (Å²) < 4.78 is 0. The fraction of sp³-hybridized carbons (Fsp3) is 0.348. The van der Waals surface area contributed by atoms with Gasteiger partial charge in [0.05, 0.1) is 16.3 Å². The lowest BCUT2D eigenvalue weighted by atomic mass is 10.0. The summed E-state index contributed by atoms with van der Waals surface area (Å²) in [6.07, 6.45) is 5.35. The molecule has 0 aliphatic carbocycles. The Hall–Kier alpha value is -3.15. The Kier molecular flexibility index (Phi) is 6.48. The van der Waals surface area contributed by atoms with Gasteiger partial charge in [-0.2, -0.15) is 0 Å². The number of piperazine rings is 1. The summed E-state index contributed by atoms with van der Waals surface area (Å²) in [5.74, 6) is 1.84. The first-order valence-electron chi connectivity index (χ1n) is 9.90. The molecule has 0 bridgehead atoms. The molecule has 7 nitrogen and oxygen atoms in total. The number of nitrogens with zero attached hydrogens (tertiary/aromatic N) is 2. The van der Waals surface area contributed by atoms with E-state index in [-0.39, 0.29) is 17.7 Å². The van der Waals surface area contributed by atoms with E-state index in [4.69, 9.17) is 6.42 Å². The number of benzene rings is 1. The van der Waals surface area contributed by atoms with Gasteiger partial charge in [0.1, 0.15) is 5.54 Å². The molecule has 31 heavy (non-hydrogen) atoms. The van der Waals surface area contributed by atoms with Gasteiger partial charge in [0.2, 0.25) is 11.8 Å². The lowest BCUT2D eigenvalue weighted by Crippen LogP contribution is -2.52. The maximum Gasteiger partial charge on any atom is 0.262 e. The monoisotopic (exact) mass is 438 g/mol. The van der Waals surface area contributed by atoms with E-state index in [9.17, 15) is 14.4 Å². The van der Waals surface area contributed by atoms with E-state index < -0.39 is 5.54 Å². The number of hydrogen-bond acceptors (Lipinski definition) is 5. The smallest absolute Gasteiger partial charge is 0.262 e. The van der Waals surface area contributed by atoms with Crippen molar-refractivity contribution in [2.75, 3.05) is 36.9 Å². The molecule has 2 heterocycles. The normalized spacial score (nSPS) is 14.8. The van der Waals surface area contributed by atoms with Crippen LogP contribution in [0.2, 0.25) is 0 Å². The fourth-order valence-corrected chi connectivity index (χ4v) is 4.02. The van der Waals surface area contributed by atoms with Gasteiger partial charge in [-0.1, -0.05) is 5.92 Å². The van der Waals surface area contributed by atoms with Crippen LogP contribution in [0.1, 0.15) is 34.0 Å². The van der Waals surface area contributed by atoms with Gasteiger partial charge in [-0.3, -0.25) is 19.3 Å². The summed E-state index contributed by atoms with van der Waals surface area (Å²) in [4.78, 5) is 42.5. The molecule has 3 amide bonds. The molecule has 3 rings (SSSR count). The Balaban J connectivity index is 1.67. The van der Waals surface area contributed by atoms with Crippen molar-refractivity contribution in [3.8, 4) is 12.3 Å². The number of likely N-dealkylation sites (N-methyl/N-ethyl adjacent to an activating group) is 1. The largest absolute Gasteiger partial charge is 0.337 e. The molecular formula is C23H26N4O3S. The van der Waals surface area contributed by atoms with Crippen molar-refractivity contribution in [2.24, 2.45) is 0 Å². The number of anilines is 2. The number of aryl methyl sites for hydroxylation is 1. The second kappa shape index (κ2) is 8.92. The fourth-order valence-electron chi connectivity index (χ4n) is 3.31. The number of nitrogens with one attached hydrogen (secondary N) is 2. The molecule has 0 spiro atoms. The number of carbonyl (C=O) groups excluding carboxylic acids is 3. The van der Waals surface area contributed by atoms with Crippen LogP contribution in [0.15, 0.2) is 30.3 Å². The molecule has 1 aliphatic rings. The summed E-state index contributed by atoms with van der Waals surface area (Å²) in [5.41, 5.74) is 1.18. The van der Waals surface area contributed by atoms with E-state index >= 15 is 0 Å². The predicted molar refractivity (Wildman–Crippen MR) is 123 cm³/mol. The van der Waals surface area contributed by atoms with E-state index in [1.165, 1.54) is 11.3 Å². The van der Waals surface area contributed by atoms with Crippen molar-refractivity contribution >= 4 is 40.4 Å². The summed E-state index contributed by atoms with van der Waals surface area (Å²) in [7, 11) is 1.92. The van der Waals surface area contributed by atoms with Crippen molar-refractivity contribution in [3.63, 3.8) is 0 Å². The van der Waals surface area contributed by atoms with Crippen molar-refractivity contribution in [1.29, 1.82) is 0 Å². The molecule has 2 aromatic rings. The summed E-state index contributed by atoms with van der Waals surface area (Å²) in [6.45, 7) is 7.01. The van der Waals surface area contributed by atoms with Crippen LogP contribution >= 0.6 is 11.3 Å². The van der Waals surface area contributed by atoms with Gasteiger partial charge >= 0.3 is 0 Å². The molecular weight excluding hydrogens is 412 g/mol. The van der Waals surface area contributed by atoms with Crippen molar-refractivity contribution in [2.45, 2.75) is 26.3 Å². The zero-order valence-electron chi connectivity index (χ0n) is 18.1. The van der Waals surface area contributed by atoms with Gasteiger partial charge < -0.3 is 15.5 Å². The van der Waals surface area contributed by atoms with E-state index in [0.29, 0.717) is 28.5 Å². The second-order valence-electron chi connectivity index (χ2n) is 8.13. The van der Waals surface area contributed by atoms with Crippen molar-refractivity contribution in [3.05, 3.63) is 45.6 Å². The number of amides is 3. The minimum absolute atomic E-state index is 0.0547. The molecule has 1 saturated heterocycles. The Morgan fingerprint density at radius 2 is 1.94 bits per heavy atom. The van der Waals surface area contributed by atoms with E-state index in [2.05, 4.69) is 16.6 Å². The minimum Gasteiger partial charge on any atom is -0.337 e. The van der Waals surface area contributed by atoms with Crippen LogP contribution in [0.3, 0.4) is 0 Å². The number of carbonyl (C=O) groups is 3. The minimum atomic E-state index is -1.14. The number of terminal acetylenes is 1. The third kappa shape index (κ3) is 5.13. The molecule has 8 heteroatoms. The molecule has 0 radical (unpaired) electrons. The highest BCUT2D eigenvalue weighted by Crippen LogP contribution is 2.26. The number of thiophene rings is 1. The SMILES string of the molecule is C#Cc1ccc(C(=O)NC(C)(C)C(=O)Nc2ccc(N3CCN(C)CC3=O)c(C)c2)s1. The Morgan fingerprint density at radius 1 is 1.19 bits per heavy atom. The standard InChI is InChI=1S/C23H26N4O3S/c1-6-17-8-10-19(31-17)21(29)25-23(3,4)22(30)24-16-7-9-18(15(2)13-16)27-12-11-26(5)14-20(27)28/h1,7-10,13H,11-12,14H2,2-5H3,(H,24,30)(H,25,29). The average Bonchev–Trinajstić information content (AvgIpc) is 3.18. The summed E-state index contributed by atoms with van der Waals surface area (Å²) >= 11 is 1.20. The van der Waals surface area contributed by atoms with E-state index in [1.807, 2.05) is 31.0 Å². The Bertz CT molecular complexity index is 1070. The number of rotatable bonds is 5. The van der Waals surface area contributed by atoms with Crippen LogP contribution in [-0.4, -0.2) is 54.8 Å². The van der Waals surface area contributed by atoms with Crippen molar-refractivity contribution < 1.29 is 14.4 Å². The van der Waals surface area contributed by atoms with Gasteiger partial charge in [0.25, 0.3) is 5.91 Å². The average molecular weight is 439 g/mol. The quantitative estimate of drug-likeness (QED) is 0.703. The van der Waals surface area contributed by atoms with Gasteiger partial charge in [0.15, 0.2) is 0 Å². The lowest BCUT2D eigenvalue weighted by molar-refractivity contribution is -0.121. The second-order valence-corrected chi connectivity index (χ2v) is 9.21. The highest BCUT2D eigenvalue weighted by atomic mass is 32.1. The molecule has 0 unspecified atom stereocenters. The molecule has 2 N–H and O–H groups in total. The van der Waals surface area contributed by atoms with Crippen molar-refractivity contribution in [1.82, 2.24) is 10.2 Å². The highest BCUT2D eigenvalue weighted by molar-refractivity contribution is 7.14. The first kappa shape index (κ1) is 22.5. The van der Waals surface area contributed by atoms with Gasteiger partial charge in [0, 0.05) is 24.5 Å². The Morgan fingerprint density at radius 3 is 2.55 bits per heavy atom. The molecule has 0 atom stereocenters. The molecule has 0 saturated carbocycles. The first-order chi connectivity index (χ1) is 14.6. The van der Waals surface area contributed by atoms with Gasteiger partial charge in [-0.25, -0.2) is 0 Å². The van der Waals surface area contributed by atoms with Crippen LogP contribution in [0.5, 0.6) is 0 Å². The highest BCUT2D eigenvalue weighted by Gasteiger charge is 2.31. The molecule has 1 aromatic carbocycles. The van der Waals surface area contributed by atoms with Crippen LogP contribution < -0.4 is 15.5 Å². The number of hydrogen-bond donors (Lipinski definition) is 2. The predicted octanol–water partition coefficient (Wildman–Crippen LogP) is 2.46. The van der Waals surface area contributed by atoms with Gasteiger partial charge in [-0.05, 0) is 63.7 Å². The third-order valence-corrected chi connectivity index (χ3v) is 6.14. The first-order valence-corrected chi connectivity index (χ1v) is 10.7. The molecule has 1 fully saturated rings. The zero-order valence-corrected chi connectivity index (χ0v) is 18.9. The zero-order chi connectivity index (χ0) is 22.8. The summed E-state index contributed by atoms with van der Waals surface area (Å²) in [6, 6.07) is 8.77. The van der Waals surface area contributed by atoms with E-state index in [1.54, 1.807) is 36.9 Å².